The van der Waals surface area contributed by atoms with Crippen LogP contribution in [0.3, 0.4) is 0 Å². The molecule has 0 aliphatic rings. The summed E-state index contributed by atoms with van der Waals surface area (Å²) in [4.78, 5) is 0. The molecule has 0 saturated carbocycles. The van der Waals surface area contributed by atoms with Gasteiger partial charge in [-0.3, -0.25) is 0 Å². The molecule has 3 nitrogen and oxygen atoms in total. The van der Waals surface area contributed by atoms with E-state index in [-0.39, 0.29) is 5.03 Å². The molecule has 0 spiro atoms. The first-order chi connectivity index (χ1) is 6.18. The second-order valence-electron chi connectivity index (χ2n) is 3.54. The Kier molecular flexibility index (Phi) is 4.16. The van der Waals surface area contributed by atoms with Crippen LogP contribution in [0.2, 0.25) is 0 Å². The Balaban J connectivity index is 5.57. The molecule has 0 unspecified atom stereocenters. The van der Waals surface area contributed by atoms with Crippen molar-refractivity contribution in [3.05, 3.63) is 10.6 Å². The lowest BCUT2D eigenvalue weighted by Gasteiger charge is -2.22. The van der Waals surface area contributed by atoms with Crippen molar-refractivity contribution in [3.63, 3.8) is 0 Å². The molecule has 0 fully saturated rings. The van der Waals surface area contributed by atoms with Crippen LogP contribution in [0.4, 0.5) is 0 Å². The zero-order chi connectivity index (χ0) is 11.6. The fourth-order valence-electron chi connectivity index (χ4n) is 0.809. The summed E-state index contributed by atoms with van der Waals surface area (Å²) >= 11 is 5.90. The summed E-state index contributed by atoms with van der Waals surface area (Å²) in [5, 5.41) is 8.85. The highest BCUT2D eigenvalue weighted by Crippen LogP contribution is 2.31. The van der Waals surface area contributed by atoms with E-state index in [4.69, 9.17) is 16.9 Å². The van der Waals surface area contributed by atoms with Crippen molar-refractivity contribution < 1.29 is 8.42 Å². The molecular formula is C9H14ClNO2S. The average Bonchev–Trinajstić information content (AvgIpc) is 2.04. The normalized spacial score (nSPS) is 14.6. The van der Waals surface area contributed by atoms with Crippen LogP contribution < -0.4 is 0 Å². The maximum absolute atomic E-state index is 11.4. The first-order valence-corrected chi connectivity index (χ1v) is 6.44. The number of sulfone groups is 1. The van der Waals surface area contributed by atoms with E-state index in [0.29, 0.717) is 12.0 Å². The van der Waals surface area contributed by atoms with Gasteiger partial charge in [-0.2, -0.15) is 5.26 Å². The Morgan fingerprint density at radius 2 is 1.93 bits per heavy atom. The lowest BCUT2D eigenvalue weighted by Crippen LogP contribution is -2.32. The van der Waals surface area contributed by atoms with Crippen LogP contribution in [0.15, 0.2) is 10.6 Å². The van der Waals surface area contributed by atoms with Crippen LogP contribution in [-0.2, 0) is 9.84 Å². The Hall–Kier alpha value is -0.530. The lowest BCUT2D eigenvalue weighted by molar-refractivity contribution is 0.576. The van der Waals surface area contributed by atoms with Crippen LogP contribution in [0, 0.1) is 11.3 Å². The highest BCUT2D eigenvalue weighted by Gasteiger charge is 2.35. The molecule has 0 heterocycles. The van der Waals surface area contributed by atoms with Gasteiger partial charge in [0.15, 0.2) is 9.84 Å². The van der Waals surface area contributed by atoms with Gasteiger partial charge in [-0.15, -0.1) is 0 Å². The lowest BCUT2D eigenvalue weighted by atomic mass is 10.1. The van der Waals surface area contributed by atoms with Gasteiger partial charge < -0.3 is 0 Å². The summed E-state index contributed by atoms with van der Waals surface area (Å²) in [6.45, 7) is 4.76. The minimum Gasteiger partial charge on any atom is -0.228 e. The summed E-state index contributed by atoms with van der Waals surface area (Å²) in [7, 11) is -3.31. The molecule has 0 bridgehead atoms. The molecule has 0 aromatic rings. The van der Waals surface area contributed by atoms with Crippen molar-refractivity contribution in [1.82, 2.24) is 0 Å². The molecule has 0 atom stereocenters. The SMILES string of the molecule is CCC(C#N)=C(Cl)C(C)(C)S(C)(=O)=O. The Morgan fingerprint density at radius 3 is 2.14 bits per heavy atom. The van der Waals surface area contributed by atoms with E-state index in [1.54, 1.807) is 6.92 Å². The zero-order valence-corrected chi connectivity index (χ0v) is 10.3. The fourth-order valence-corrected chi connectivity index (χ4v) is 1.85. The molecule has 0 aromatic carbocycles. The Morgan fingerprint density at radius 1 is 1.50 bits per heavy atom. The number of hydrogen-bond donors (Lipinski definition) is 0. The predicted octanol–water partition coefficient (Wildman–Crippen LogP) is 2.24. The number of hydrogen-bond acceptors (Lipinski definition) is 3. The molecule has 0 aliphatic carbocycles. The molecule has 0 radical (unpaired) electrons. The molecule has 0 aliphatic heterocycles. The van der Waals surface area contributed by atoms with Crippen molar-refractivity contribution in [3.8, 4) is 6.07 Å². The summed E-state index contributed by atoms with van der Waals surface area (Å²) in [5.41, 5.74) is 0.321. The van der Waals surface area contributed by atoms with Crippen molar-refractivity contribution in [2.75, 3.05) is 6.26 Å². The third-order valence-corrected chi connectivity index (χ3v) is 5.08. The largest absolute Gasteiger partial charge is 0.228 e. The molecule has 14 heavy (non-hydrogen) atoms. The average molecular weight is 236 g/mol. The molecule has 0 N–H and O–H groups in total. The summed E-state index contributed by atoms with van der Waals surface area (Å²) in [6, 6.07) is 1.91. The fraction of sp³-hybridized carbons (Fsp3) is 0.667. The highest BCUT2D eigenvalue weighted by atomic mass is 35.5. The topological polar surface area (TPSA) is 57.9 Å². The van der Waals surface area contributed by atoms with Crippen LogP contribution >= 0.6 is 11.6 Å². The quantitative estimate of drug-likeness (QED) is 0.705. The number of halogens is 1. The van der Waals surface area contributed by atoms with E-state index in [9.17, 15) is 8.42 Å². The smallest absolute Gasteiger partial charge is 0.157 e. The van der Waals surface area contributed by atoms with Gasteiger partial charge in [-0.1, -0.05) is 18.5 Å². The van der Waals surface area contributed by atoms with Gasteiger partial charge in [0.2, 0.25) is 0 Å². The maximum Gasteiger partial charge on any atom is 0.157 e. The second-order valence-corrected chi connectivity index (χ2v) is 6.48. The minimum absolute atomic E-state index is 0.116. The van der Waals surface area contributed by atoms with E-state index >= 15 is 0 Å². The zero-order valence-electron chi connectivity index (χ0n) is 8.76. The molecule has 0 saturated heterocycles. The van der Waals surface area contributed by atoms with Crippen molar-refractivity contribution in [2.45, 2.75) is 31.9 Å². The first kappa shape index (κ1) is 13.5. The summed E-state index contributed by atoms with van der Waals surface area (Å²) in [6.07, 6.45) is 1.55. The van der Waals surface area contributed by atoms with Crippen LogP contribution in [0.1, 0.15) is 27.2 Å². The molecule has 5 heteroatoms. The van der Waals surface area contributed by atoms with Gasteiger partial charge in [0.25, 0.3) is 0 Å². The molecule has 0 rings (SSSR count). The van der Waals surface area contributed by atoms with E-state index < -0.39 is 14.6 Å². The van der Waals surface area contributed by atoms with Gasteiger partial charge in [-0.25, -0.2) is 8.42 Å². The van der Waals surface area contributed by atoms with Gasteiger partial charge in [-0.05, 0) is 20.3 Å². The number of nitrogens with zero attached hydrogens (tertiary/aromatic N) is 1. The standard InChI is InChI=1S/C9H14ClNO2S/c1-5-7(6-11)8(10)9(2,3)14(4,12)13/h5H2,1-4H3. The van der Waals surface area contributed by atoms with Crippen LogP contribution in [0.25, 0.3) is 0 Å². The van der Waals surface area contributed by atoms with E-state index in [2.05, 4.69) is 0 Å². The van der Waals surface area contributed by atoms with Gasteiger partial charge >= 0.3 is 0 Å². The second kappa shape index (κ2) is 4.33. The van der Waals surface area contributed by atoms with E-state index in [1.165, 1.54) is 13.8 Å². The van der Waals surface area contributed by atoms with Gasteiger partial charge in [0.05, 0.1) is 11.1 Å². The van der Waals surface area contributed by atoms with Crippen molar-refractivity contribution in [1.29, 1.82) is 5.26 Å². The minimum atomic E-state index is -3.31. The summed E-state index contributed by atoms with van der Waals surface area (Å²) < 4.78 is 21.6. The van der Waals surface area contributed by atoms with Gasteiger partial charge in [0, 0.05) is 11.8 Å². The van der Waals surface area contributed by atoms with Crippen LogP contribution in [-0.4, -0.2) is 19.4 Å². The van der Waals surface area contributed by atoms with Crippen LogP contribution in [0.5, 0.6) is 0 Å². The van der Waals surface area contributed by atoms with Crippen molar-refractivity contribution in [2.24, 2.45) is 0 Å². The molecule has 80 valence electrons. The first-order valence-electron chi connectivity index (χ1n) is 4.17. The van der Waals surface area contributed by atoms with Crippen molar-refractivity contribution >= 4 is 21.4 Å². The third kappa shape index (κ3) is 2.49. The highest BCUT2D eigenvalue weighted by molar-refractivity contribution is 7.92. The summed E-state index contributed by atoms with van der Waals surface area (Å²) in [5.74, 6) is 0. The third-order valence-electron chi connectivity index (χ3n) is 2.21. The van der Waals surface area contributed by atoms with E-state index in [0.717, 1.165) is 6.26 Å². The number of nitriles is 1. The number of allylic oxidation sites excluding steroid dienone is 1. The Labute approximate surface area is 90.3 Å². The monoisotopic (exact) mass is 235 g/mol. The van der Waals surface area contributed by atoms with E-state index in [1.807, 2.05) is 6.07 Å². The number of rotatable bonds is 3. The maximum atomic E-state index is 11.4. The predicted molar refractivity (Wildman–Crippen MR) is 57.7 cm³/mol. The Bertz CT molecular complexity index is 388. The van der Waals surface area contributed by atoms with Gasteiger partial charge in [0.1, 0.15) is 4.75 Å². The molecular weight excluding hydrogens is 222 g/mol. The molecule has 0 amide bonds. The molecule has 0 aromatic heterocycles.